The van der Waals surface area contributed by atoms with Crippen LogP contribution in [0.25, 0.3) is 0 Å². The molecular formula is C23H27N5O4. The summed E-state index contributed by atoms with van der Waals surface area (Å²) in [6.45, 7) is 6.42. The number of morpholine rings is 1. The van der Waals surface area contributed by atoms with E-state index in [0.29, 0.717) is 37.8 Å². The van der Waals surface area contributed by atoms with Gasteiger partial charge in [-0.15, -0.1) is 0 Å². The second-order valence-electron chi connectivity index (χ2n) is 8.75. The highest BCUT2D eigenvalue weighted by Gasteiger charge is 2.40. The van der Waals surface area contributed by atoms with Crippen molar-refractivity contribution >= 4 is 11.9 Å². The molecule has 3 aliphatic heterocycles. The van der Waals surface area contributed by atoms with Gasteiger partial charge in [0.15, 0.2) is 5.75 Å². The average molecular weight is 438 g/mol. The van der Waals surface area contributed by atoms with E-state index >= 15 is 0 Å². The van der Waals surface area contributed by atoms with E-state index in [-0.39, 0.29) is 30.7 Å². The zero-order valence-electron chi connectivity index (χ0n) is 18.3. The van der Waals surface area contributed by atoms with Gasteiger partial charge in [-0.3, -0.25) is 4.79 Å². The second-order valence-corrected chi connectivity index (χ2v) is 8.75. The quantitative estimate of drug-likeness (QED) is 0.789. The lowest BCUT2D eigenvalue weighted by atomic mass is 9.91. The van der Waals surface area contributed by atoms with E-state index < -0.39 is 0 Å². The molecule has 1 aromatic heterocycles. The molecular weight excluding hydrogens is 410 g/mol. The number of urea groups is 1. The molecule has 0 bridgehead atoms. The topological polar surface area (TPSA) is 96.9 Å². The lowest BCUT2D eigenvalue weighted by Gasteiger charge is -2.46. The minimum absolute atomic E-state index is 0.0113. The molecule has 168 valence electrons. The summed E-state index contributed by atoms with van der Waals surface area (Å²) in [5.41, 5.74) is 2.74. The fourth-order valence-electron chi connectivity index (χ4n) is 4.48. The molecule has 0 unspecified atom stereocenters. The number of hydrogen-bond acceptors (Lipinski definition) is 6. The molecule has 5 rings (SSSR count). The Labute approximate surface area is 186 Å². The van der Waals surface area contributed by atoms with E-state index in [1.165, 1.54) is 5.56 Å². The minimum atomic E-state index is -0.110. The first-order chi connectivity index (χ1) is 15.5. The zero-order valence-corrected chi connectivity index (χ0v) is 18.3. The first-order valence-electron chi connectivity index (χ1n) is 11.0. The molecule has 9 nitrogen and oxygen atoms in total. The molecule has 3 amide bonds. The number of carbonyl (C=O) groups is 2. The van der Waals surface area contributed by atoms with Crippen LogP contribution >= 0.6 is 0 Å². The highest BCUT2D eigenvalue weighted by molar-refractivity contribution is 5.79. The van der Waals surface area contributed by atoms with Crippen LogP contribution in [0.2, 0.25) is 0 Å². The number of aryl methyl sites for hydroxylation is 2. The number of likely N-dealkylation sites (tertiary alicyclic amines) is 2. The fourth-order valence-corrected chi connectivity index (χ4v) is 4.48. The van der Waals surface area contributed by atoms with Crippen LogP contribution in [0.1, 0.15) is 29.3 Å². The van der Waals surface area contributed by atoms with Crippen molar-refractivity contribution < 1.29 is 19.1 Å². The largest absolute Gasteiger partial charge is 0.455 e. The van der Waals surface area contributed by atoms with Crippen molar-refractivity contribution in [3.8, 4) is 11.5 Å². The lowest BCUT2D eigenvalue weighted by Crippen LogP contribution is -2.63. The molecule has 1 N–H and O–H groups in total. The predicted molar refractivity (Wildman–Crippen MR) is 116 cm³/mol. The number of ether oxygens (including phenoxy) is 2. The molecule has 9 heteroatoms. The number of nitrogens with one attached hydrogen (secondary N) is 1. The van der Waals surface area contributed by atoms with Gasteiger partial charge in [-0.25, -0.2) is 4.79 Å². The number of amides is 3. The molecule has 2 atom stereocenters. The van der Waals surface area contributed by atoms with Crippen molar-refractivity contribution in [1.29, 1.82) is 0 Å². The van der Waals surface area contributed by atoms with Crippen LogP contribution < -0.4 is 10.1 Å². The standard InChI is InChI=1S/C23H27N5O4/c1-14-9-21(15(2)26-25-14)32-18-5-3-16(4-6-18)17-10-28(11-17)23(30)27-8-7-20-19(12-27)24-22(29)13-31-20/h3-6,9,17,19-20H,7-8,10-13H2,1-2H3,(H,24,29)/t19-,20+/m1/s1. The molecule has 0 saturated carbocycles. The number of rotatable bonds is 3. The number of carbonyl (C=O) groups excluding carboxylic acids is 2. The van der Waals surface area contributed by atoms with Crippen molar-refractivity contribution in [1.82, 2.24) is 25.3 Å². The molecule has 32 heavy (non-hydrogen) atoms. The van der Waals surface area contributed by atoms with Gasteiger partial charge < -0.3 is 24.6 Å². The van der Waals surface area contributed by atoms with Gasteiger partial charge in [0.1, 0.15) is 18.1 Å². The number of fused-ring (bicyclic) bond motifs is 1. The number of piperidine rings is 1. The van der Waals surface area contributed by atoms with Crippen LogP contribution in [-0.4, -0.2) is 76.9 Å². The Bertz CT molecular complexity index is 1020. The minimum Gasteiger partial charge on any atom is -0.455 e. The van der Waals surface area contributed by atoms with Gasteiger partial charge in [0.05, 0.1) is 17.8 Å². The van der Waals surface area contributed by atoms with E-state index in [9.17, 15) is 9.59 Å². The lowest BCUT2D eigenvalue weighted by molar-refractivity contribution is -0.139. The van der Waals surface area contributed by atoms with Crippen LogP contribution in [0.5, 0.6) is 11.5 Å². The third kappa shape index (κ3) is 4.12. The van der Waals surface area contributed by atoms with Gasteiger partial charge in [0.25, 0.3) is 0 Å². The maximum atomic E-state index is 12.9. The SMILES string of the molecule is Cc1cc(Oc2ccc(C3CN(C(=O)N4CC[C@@H]5OCC(=O)N[C@@H]5C4)C3)cc2)c(C)nn1. The summed E-state index contributed by atoms with van der Waals surface area (Å²) in [6, 6.07) is 9.81. The Morgan fingerprint density at radius 3 is 2.69 bits per heavy atom. The van der Waals surface area contributed by atoms with Crippen LogP contribution in [0.15, 0.2) is 30.3 Å². The van der Waals surface area contributed by atoms with Crippen molar-refractivity contribution in [3.63, 3.8) is 0 Å². The molecule has 0 spiro atoms. The summed E-state index contributed by atoms with van der Waals surface area (Å²) in [5, 5.41) is 11.1. The summed E-state index contributed by atoms with van der Waals surface area (Å²) in [7, 11) is 0. The van der Waals surface area contributed by atoms with E-state index in [1.807, 2.05) is 41.8 Å². The van der Waals surface area contributed by atoms with Gasteiger partial charge in [0.2, 0.25) is 5.91 Å². The number of nitrogens with zero attached hydrogens (tertiary/aromatic N) is 4. The Kier molecular flexibility index (Phi) is 5.42. The van der Waals surface area contributed by atoms with Crippen LogP contribution in [0.3, 0.4) is 0 Å². The molecule has 0 aliphatic carbocycles. The highest BCUT2D eigenvalue weighted by Crippen LogP contribution is 2.31. The third-order valence-corrected chi connectivity index (χ3v) is 6.38. The monoisotopic (exact) mass is 437 g/mol. The Morgan fingerprint density at radius 1 is 1.12 bits per heavy atom. The van der Waals surface area contributed by atoms with E-state index in [0.717, 1.165) is 23.6 Å². The average Bonchev–Trinajstić information content (AvgIpc) is 2.76. The smallest absolute Gasteiger partial charge is 0.320 e. The molecule has 3 aliphatic rings. The van der Waals surface area contributed by atoms with Gasteiger partial charge in [0, 0.05) is 38.2 Å². The molecule has 0 radical (unpaired) electrons. The van der Waals surface area contributed by atoms with Gasteiger partial charge >= 0.3 is 6.03 Å². The maximum absolute atomic E-state index is 12.9. The van der Waals surface area contributed by atoms with E-state index in [2.05, 4.69) is 27.6 Å². The zero-order chi connectivity index (χ0) is 22.2. The summed E-state index contributed by atoms with van der Waals surface area (Å²) in [4.78, 5) is 28.2. The number of hydrogen-bond donors (Lipinski definition) is 1. The molecule has 1 aromatic carbocycles. The normalized spacial score (nSPS) is 23.2. The Morgan fingerprint density at radius 2 is 1.91 bits per heavy atom. The first-order valence-corrected chi connectivity index (χ1v) is 11.0. The Balaban J connectivity index is 1.14. The van der Waals surface area contributed by atoms with E-state index in [4.69, 9.17) is 9.47 Å². The van der Waals surface area contributed by atoms with Gasteiger partial charge in [-0.05, 0) is 38.0 Å². The van der Waals surface area contributed by atoms with Crippen molar-refractivity contribution in [3.05, 3.63) is 47.3 Å². The van der Waals surface area contributed by atoms with E-state index in [1.54, 1.807) is 0 Å². The highest BCUT2D eigenvalue weighted by atomic mass is 16.5. The Hall–Kier alpha value is -3.20. The molecule has 3 saturated heterocycles. The first kappa shape index (κ1) is 20.7. The van der Waals surface area contributed by atoms with Crippen LogP contribution in [0.4, 0.5) is 4.79 Å². The molecule has 3 fully saturated rings. The van der Waals surface area contributed by atoms with Gasteiger partial charge in [-0.2, -0.15) is 10.2 Å². The molecule has 4 heterocycles. The van der Waals surface area contributed by atoms with Crippen LogP contribution in [0, 0.1) is 13.8 Å². The van der Waals surface area contributed by atoms with Gasteiger partial charge in [-0.1, -0.05) is 12.1 Å². The summed E-state index contributed by atoms with van der Waals surface area (Å²) in [6.07, 6.45) is 0.763. The predicted octanol–water partition coefficient (Wildman–Crippen LogP) is 1.99. The summed E-state index contributed by atoms with van der Waals surface area (Å²) < 4.78 is 11.5. The van der Waals surface area contributed by atoms with Crippen molar-refractivity contribution in [2.24, 2.45) is 0 Å². The summed E-state index contributed by atoms with van der Waals surface area (Å²) >= 11 is 0. The van der Waals surface area contributed by atoms with Crippen molar-refractivity contribution in [2.75, 3.05) is 32.8 Å². The second kappa shape index (κ2) is 8.38. The maximum Gasteiger partial charge on any atom is 0.320 e. The van der Waals surface area contributed by atoms with Crippen molar-refractivity contribution in [2.45, 2.75) is 38.3 Å². The van der Waals surface area contributed by atoms with Crippen LogP contribution in [-0.2, 0) is 9.53 Å². The molecule has 2 aromatic rings. The number of benzene rings is 1. The fraction of sp³-hybridized carbons (Fsp3) is 0.478. The number of aromatic nitrogens is 2. The summed E-state index contributed by atoms with van der Waals surface area (Å²) in [5.74, 6) is 1.66. The third-order valence-electron chi connectivity index (χ3n) is 6.38.